The lowest BCUT2D eigenvalue weighted by atomic mass is 10.0. The molecule has 640 valence electrons. The average Bonchev–Trinajstić information content (AvgIpc) is 1.62. The Balaban J connectivity index is 0.000000169. The SMILES string of the molecule is Cc1cc(Cl)c(Cl)c([C@H]2C[C@@H](O)[C@@H](CO)O2)c1.Cc1cc(Cl)cc([C@H]2C[C@@H](O)[C@@H](CO)O2)c1.Cc1cc([C@H]2C[C@@H](O)[C@@H](CO)O2)c(Br)cc1Cl.Cc1cc([C@H]2C[C@@H](O)[C@@H](CO)O2)c(Cl)cc1Br.Cc1cc([C@H]2C[C@@H](O)[C@@H](CO)O2)cc(Cl)c1Cl.Cc1cc([C@H]2C[C@@H](O)[C@@H](CO)O2)ccc1Cl.Cc1ccc(Cl)c([C@H]2C[C@@H](O)[C@@H](CO)O2)c1. The highest BCUT2D eigenvalue weighted by molar-refractivity contribution is 9.10. The van der Waals surface area contributed by atoms with Crippen LogP contribution in [0.4, 0.5) is 0 Å². The van der Waals surface area contributed by atoms with Crippen molar-refractivity contribution in [1.29, 1.82) is 0 Å². The Morgan fingerprint density at radius 2 is 0.603 bits per heavy atom. The molecule has 0 saturated carbocycles. The lowest BCUT2D eigenvalue weighted by molar-refractivity contribution is -0.0227. The molecule has 0 bridgehead atoms. The second kappa shape index (κ2) is 46.3. The van der Waals surface area contributed by atoms with Crippen LogP contribution in [0, 0.1) is 48.5 Å². The number of hydrogen-bond donors (Lipinski definition) is 14. The van der Waals surface area contributed by atoms with Gasteiger partial charge in [0.15, 0.2) is 0 Å². The van der Waals surface area contributed by atoms with Crippen LogP contribution in [0.3, 0.4) is 0 Å². The molecule has 7 fully saturated rings. The van der Waals surface area contributed by atoms with Crippen LogP contribution in [0.1, 0.15) is 166 Å². The number of hydrogen-bond acceptors (Lipinski definition) is 21. The van der Waals surface area contributed by atoms with Gasteiger partial charge in [-0.3, -0.25) is 0 Å². The second-order valence-corrected chi connectivity index (χ2v) is 35.0. The first kappa shape index (κ1) is 98.7. The van der Waals surface area contributed by atoms with Crippen molar-refractivity contribution in [3.05, 3.63) is 235 Å². The number of aliphatic hydroxyl groups excluding tert-OH is 14. The molecule has 14 N–H and O–H groups in total. The quantitative estimate of drug-likeness (QED) is 0.0481. The molecule has 0 amide bonds. The van der Waals surface area contributed by atoms with Crippen LogP contribution in [0.5, 0.6) is 0 Å². The number of aryl methyl sites for hydroxylation is 7. The van der Waals surface area contributed by atoms with Gasteiger partial charge in [0.1, 0.15) is 42.7 Å². The maximum atomic E-state index is 9.71. The Bertz CT molecular complexity index is 4230. The molecule has 7 heterocycles. The van der Waals surface area contributed by atoms with E-state index in [0.717, 1.165) is 91.9 Å². The minimum absolute atomic E-state index is 0.149. The van der Waals surface area contributed by atoms with Crippen LogP contribution in [-0.2, 0) is 33.2 Å². The molecular formula is C84H101Br2Cl9O21. The zero-order valence-corrected chi connectivity index (χ0v) is 74.6. The highest BCUT2D eigenvalue weighted by Gasteiger charge is 2.41. The number of aliphatic hydroxyl groups is 14. The largest absolute Gasteiger partial charge is 0.394 e. The highest BCUT2D eigenvalue weighted by atomic mass is 79.9. The fourth-order valence-corrected chi connectivity index (χ4v) is 17.4. The van der Waals surface area contributed by atoms with Crippen molar-refractivity contribution in [2.45, 2.75) is 222 Å². The summed E-state index contributed by atoms with van der Waals surface area (Å²) < 4.78 is 40.8. The lowest BCUT2D eigenvalue weighted by Crippen LogP contribution is -2.24. The summed E-state index contributed by atoms with van der Waals surface area (Å²) in [4.78, 5) is 0. The Morgan fingerprint density at radius 1 is 0.267 bits per heavy atom. The van der Waals surface area contributed by atoms with Gasteiger partial charge in [-0.15, -0.1) is 0 Å². The predicted octanol–water partition coefficient (Wildman–Crippen LogP) is 15.7. The van der Waals surface area contributed by atoms with Crippen molar-refractivity contribution in [1.82, 2.24) is 0 Å². The van der Waals surface area contributed by atoms with E-state index in [9.17, 15) is 35.7 Å². The van der Waals surface area contributed by atoms with Gasteiger partial charge < -0.3 is 105 Å². The third-order valence-corrected chi connectivity index (χ3v) is 25.7. The fraction of sp³-hybridized carbons (Fsp3) is 0.500. The van der Waals surface area contributed by atoms with Crippen LogP contribution in [0.2, 0.25) is 45.2 Å². The number of halogens is 11. The molecule has 0 unspecified atom stereocenters. The number of ether oxygens (including phenoxy) is 7. The van der Waals surface area contributed by atoms with Crippen molar-refractivity contribution in [3.63, 3.8) is 0 Å². The van der Waals surface area contributed by atoms with Crippen molar-refractivity contribution >= 4 is 136 Å². The normalized spacial score (nSPS) is 29.1. The van der Waals surface area contributed by atoms with Crippen molar-refractivity contribution in [2.75, 3.05) is 46.2 Å². The van der Waals surface area contributed by atoms with E-state index >= 15 is 0 Å². The molecule has 32 heteroatoms. The molecule has 7 saturated heterocycles. The lowest BCUT2D eigenvalue weighted by Gasteiger charge is -2.15. The van der Waals surface area contributed by atoms with Crippen molar-refractivity contribution in [2.24, 2.45) is 0 Å². The molecule has 0 aliphatic carbocycles. The Labute approximate surface area is 737 Å². The van der Waals surface area contributed by atoms with Gasteiger partial charge in [0, 0.05) is 84.6 Å². The van der Waals surface area contributed by atoms with Crippen LogP contribution in [0.15, 0.2) is 112 Å². The fourth-order valence-electron chi connectivity index (χ4n) is 14.2. The van der Waals surface area contributed by atoms with E-state index in [1.54, 1.807) is 12.1 Å². The topological polar surface area (TPSA) is 348 Å². The molecule has 116 heavy (non-hydrogen) atoms. The van der Waals surface area contributed by atoms with E-state index in [1.807, 2.05) is 139 Å². The summed E-state index contributed by atoms with van der Waals surface area (Å²) in [6, 6.07) is 32.0. The first-order valence-corrected chi connectivity index (χ1v) is 42.6. The van der Waals surface area contributed by atoms with Gasteiger partial charge in [-0.2, -0.15) is 0 Å². The molecule has 0 aromatic heterocycles. The van der Waals surface area contributed by atoms with Crippen molar-refractivity contribution < 1.29 is 105 Å². The summed E-state index contributed by atoms with van der Waals surface area (Å²) in [6.45, 7) is 12.4. The summed E-state index contributed by atoms with van der Waals surface area (Å²) in [5.74, 6) is 0. The summed E-state index contributed by atoms with van der Waals surface area (Å²) in [5, 5.41) is 136. The van der Waals surface area contributed by atoms with Gasteiger partial charge in [0.05, 0.1) is 152 Å². The standard InChI is InChI=1S/2C12H14BrClO3.2C12H14Cl2O3.3C12H15ClO3/c1-6-2-7(8(13)3-9(6)14)11-4-10(16)12(5-15)17-11;1-6-2-7(9(14)3-8(6)13)11-4-10(16)12(5-15)17-11;1-6-2-7(3-8(13)12(6)14)10-4-9(16)11(5-15)17-10;1-6-2-7(12(14)8(13)3-6)10-4-9(16)11(5-15)17-10;1-7-2-8(4-9(13)3-7)11-5-10(15)12(6-14)16-11;1-7-4-8(2-3-9(7)13)11-5-10(15)12(6-14)16-11;1-7-2-3-9(13)8(4-7)11-5-10(15)12(6-14)16-11/h2*2-3,10-12,15-16H,4-5H2,1H3;2*2-3,9-11,15-16H,4-5H2,1H3;3*2-4,10-12,14-15H,5-6H2,1H3/t2*10-,11-,12-;2*9-,10-,11-;3*10-,11-,12-/m1111111/s1. The van der Waals surface area contributed by atoms with E-state index < -0.39 is 85.5 Å². The van der Waals surface area contributed by atoms with Crippen LogP contribution >= 0.6 is 136 Å². The van der Waals surface area contributed by atoms with E-state index in [-0.39, 0.29) is 89.0 Å². The molecule has 7 aromatic rings. The molecule has 0 spiro atoms. The zero-order chi connectivity index (χ0) is 85.4. The minimum atomic E-state index is -0.666. The highest BCUT2D eigenvalue weighted by Crippen LogP contribution is 2.45. The van der Waals surface area contributed by atoms with Crippen LogP contribution in [-0.4, -0.2) is 203 Å². The molecular weight excluding hydrogens is 1820 g/mol. The second-order valence-electron chi connectivity index (χ2n) is 29.7. The Hall–Kier alpha value is -2.73. The summed E-state index contributed by atoms with van der Waals surface area (Å²) in [5.41, 5.74) is 13.4. The minimum Gasteiger partial charge on any atom is -0.394 e. The van der Waals surface area contributed by atoms with Gasteiger partial charge in [0.2, 0.25) is 0 Å². The van der Waals surface area contributed by atoms with E-state index in [4.69, 9.17) is 173 Å². The Kier molecular flexibility index (Phi) is 39.4. The molecule has 21 atom stereocenters. The molecule has 21 nitrogen and oxygen atoms in total. The summed E-state index contributed by atoms with van der Waals surface area (Å²) >= 11 is 61.2. The van der Waals surface area contributed by atoms with Gasteiger partial charge in [-0.1, -0.05) is 196 Å². The predicted molar refractivity (Wildman–Crippen MR) is 456 cm³/mol. The average molecular weight is 1930 g/mol. The van der Waals surface area contributed by atoms with Crippen LogP contribution in [0.25, 0.3) is 0 Å². The van der Waals surface area contributed by atoms with Gasteiger partial charge in [0.25, 0.3) is 0 Å². The number of rotatable bonds is 14. The van der Waals surface area contributed by atoms with E-state index in [2.05, 4.69) is 31.9 Å². The van der Waals surface area contributed by atoms with Gasteiger partial charge in [-0.05, 0) is 164 Å². The first-order valence-electron chi connectivity index (χ1n) is 37.7. The molecule has 7 aromatic carbocycles. The maximum Gasteiger partial charge on any atom is 0.107 e. The third-order valence-electron chi connectivity index (χ3n) is 20.7. The number of benzene rings is 7. The summed E-state index contributed by atoms with van der Waals surface area (Å²) in [7, 11) is 0. The Morgan fingerprint density at radius 3 is 1.03 bits per heavy atom. The van der Waals surface area contributed by atoms with Crippen molar-refractivity contribution in [3.8, 4) is 0 Å². The maximum absolute atomic E-state index is 9.71. The van der Waals surface area contributed by atoms with E-state index in [0.29, 0.717) is 85.1 Å². The molecule has 7 aliphatic heterocycles. The van der Waals surface area contributed by atoms with Gasteiger partial charge >= 0.3 is 0 Å². The zero-order valence-electron chi connectivity index (χ0n) is 64.6. The van der Waals surface area contributed by atoms with Crippen LogP contribution < -0.4 is 0 Å². The third kappa shape index (κ3) is 26.7. The molecule has 7 aliphatic rings. The van der Waals surface area contributed by atoms with E-state index in [1.165, 1.54) is 0 Å². The summed E-state index contributed by atoms with van der Waals surface area (Å²) in [6.07, 6.45) is -6.11. The smallest absolute Gasteiger partial charge is 0.107 e. The molecule has 0 radical (unpaired) electrons. The molecule has 14 rings (SSSR count). The van der Waals surface area contributed by atoms with Gasteiger partial charge in [-0.25, -0.2) is 0 Å². The monoisotopic (exact) mass is 1920 g/mol. The first-order chi connectivity index (χ1) is 54.9.